The average Bonchev–Trinajstić information content (AvgIpc) is 2.77. The van der Waals surface area contributed by atoms with E-state index < -0.39 is 0 Å². The molecule has 1 saturated heterocycles. The van der Waals surface area contributed by atoms with Crippen LogP contribution in [0, 0.1) is 0 Å². The van der Waals surface area contributed by atoms with Crippen molar-refractivity contribution in [3.8, 4) is 0 Å². The molecule has 1 saturated carbocycles. The normalized spacial score (nSPS) is 32.4. The van der Waals surface area contributed by atoms with Gasteiger partial charge in [0.05, 0.1) is 0 Å². The number of nitrogens with one attached hydrogen (secondary N) is 1. The van der Waals surface area contributed by atoms with E-state index in [0.717, 1.165) is 18.0 Å². The quantitative estimate of drug-likeness (QED) is 0.911. The summed E-state index contributed by atoms with van der Waals surface area (Å²) >= 11 is 5.74. The molecule has 2 fully saturated rings. The largest absolute Gasteiger partial charge is 0.310 e. The Hall–Kier alpha value is 0.01000. The van der Waals surface area contributed by atoms with Crippen LogP contribution >= 0.6 is 27.7 Å². The van der Waals surface area contributed by atoms with Gasteiger partial charge in [-0.2, -0.15) is 11.8 Å². The minimum atomic E-state index is 0.760. The van der Waals surface area contributed by atoms with Crippen molar-refractivity contribution in [2.24, 2.45) is 0 Å². The maximum Gasteiger partial charge on any atom is 0.0210 e. The van der Waals surface area contributed by atoms with Crippen molar-refractivity contribution in [3.05, 3.63) is 34.3 Å². The van der Waals surface area contributed by atoms with Gasteiger partial charge >= 0.3 is 0 Å². The van der Waals surface area contributed by atoms with Crippen LogP contribution < -0.4 is 5.32 Å². The Labute approximate surface area is 116 Å². The van der Waals surface area contributed by atoms with Crippen molar-refractivity contribution >= 4 is 27.7 Å². The Balaban J connectivity index is 1.52. The second-order valence-corrected chi connectivity index (χ2v) is 7.12. The Morgan fingerprint density at radius 2 is 2.00 bits per heavy atom. The summed E-state index contributed by atoms with van der Waals surface area (Å²) in [5.41, 5.74) is 1.49. The third-order valence-electron chi connectivity index (χ3n) is 3.88. The van der Waals surface area contributed by atoms with Crippen LogP contribution in [0.1, 0.15) is 30.7 Å². The number of rotatable bonds is 3. The van der Waals surface area contributed by atoms with Crippen LogP contribution in [0.3, 0.4) is 0 Å². The highest BCUT2D eigenvalue weighted by Gasteiger charge is 2.33. The van der Waals surface area contributed by atoms with Gasteiger partial charge in [0.25, 0.3) is 0 Å². The van der Waals surface area contributed by atoms with Crippen molar-refractivity contribution < 1.29 is 0 Å². The third kappa shape index (κ3) is 2.72. The number of hydrogen-bond donors (Lipinski definition) is 1. The molecule has 2 aliphatic rings. The second-order valence-electron chi connectivity index (χ2n) is 5.11. The second kappa shape index (κ2) is 5.33. The van der Waals surface area contributed by atoms with Gasteiger partial charge in [0.2, 0.25) is 0 Å². The van der Waals surface area contributed by atoms with E-state index in [2.05, 4.69) is 57.3 Å². The average molecular weight is 312 g/mol. The van der Waals surface area contributed by atoms with Crippen LogP contribution in [0.25, 0.3) is 0 Å². The van der Waals surface area contributed by atoms with E-state index in [-0.39, 0.29) is 0 Å². The molecule has 3 rings (SSSR count). The zero-order chi connectivity index (χ0) is 11.7. The van der Waals surface area contributed by atoms with Crippen LogP contribution in [0.4, 0.5) is 0 Å². The maximum absolute atomic E-state index is 3.80. The molecule has 0 radical (unpaired) electrons. The van der Waals surface area contributed by atoms with E-state index in [9.17, 15) is 0 Å². The lowest BCUT2D eigenvalue weighted by Crippen LogP contribution is -2.45. The summed E-state index contributed by atoms with van der Waals surface area (Å²) in [4.78, 5) is 0. The maximum atomic E-state index is 3.80. The fourth-order valence-electron chi connectivity index (χ4n) is 2.81. The van der Waals surface area contributed by atoms with Crippen LogP contribution in [-0.2, 0) is 0 Å². The molecule has 0 amide bonds. The molecule has 1 aliphatic carbocycles. The van der Waals surface area contributed by atoms with Crippen LogP contribution in [-0.4, -0.2) is 23.6 Å². The smallest absolute Gasteiger partial charge is 0.0210 e. The number of benzene rings is 1. The van der Waals surface area contributed by atoms with E-state index in [1.165, 1.54) is 40.8 Å². The summed E-state index contributed by atoms with van der Waals surface area (Å²) in [7, 11) is 0. The zero-order valence-electron chi connectivity index (χ0n) is 9.86. The lowest BCUT2D eigenvalue weighted by atomic mass is 9.75. The molecule has 17 heavy (non-hydrogen) atoms. The lowest BCUT2D eigenvalue weighted by molar-refractivity contribution is 0.270. The van der Waals surface area contributed by atoms with E-state index in [4.69, 9.17) is 0 Å². The highest BCUT2D eigenvalue weighted by molar-refractivity contribution is 9.10. The Bertz CT molecular complexity index is 384. The van der Waals surface area contributed by atoms with Crippen LogP contribution in [0.5, 0.6) is 0 Å². The molecule has 1 aromatic rings. The standard InChI is InChI=1S/C14H18BrNS/c15-14-4-2-1-3-13(14)10-7-12(8-10)16-11-5-6-17-9-11/h1-4,10-12,16H,5-9H2. The van der Waals surface area contributed by atoms with Gasteiger partial charge in [0, 0.05) is 22.3 Å². The fourth-order valence-corrected chi connectivity index (χ4v) is 4.59. The minimum absolute atomic E-state index is 0.760. The first-order chi connectivity index (χ1) is 8.33. The lowest BCUT2D eigenvalue weighted by Gasteiger charge is -2.38. The van der Waals surface area contributed by atoms with E-state index in [1.807, 2.05) is 0 Å². The van der Waals surface area contributed by atoms with Crippen molar-refractivity contribution in [1.82, 2.24) is 5.32 Å². The molecule has 1 heterocycles. The molecular formula is C14H18BrNS. The first-order valence-electron chi connectivity index (χ1n) is 6.41. The molecule has 1 aliphatic heterocycles. The van der Waals surface area contributed by atoms with Crippen molar-refractivity contribution in [2.75, 3.05) is 11.5 Å². The molecule has 0 bridgehead atoms. The molecule has 1 unspecified atom stereocenters. The van der Waals surface area contributed by atoms with E-state index in [1.54, 1.807) is 0 Å². The minimum Gasteiger partial charge on any atom is -0.310 e. The summed E-state index contributed by atoms with van der Waals surface area (Å²) in [6.45, 7) is 0. The van der Waals surface area contributed by atoms with Crippen molar-refractivity contribution in [2.45, 2.75) is 37.3 Å². The monoisotopic (exact) mass is 311 g/mol. The number of halogens is 1. The molecule has 1 nitrogen and oxygen atoms in total. The van der Waals surface area contributed by atoms with Gasteiger partial charge in [-0.1, -0.05) is 34.1 Å². The van der Waals surface area contributed by atoms with Gasteiger partial charge in [-0.25, -0.2) is 0 Å². The summed E-state index contributed by atoms with van der Waals surface area (Å²) in [5, 5.41) is 3.80. The summed E-state index contributed by atoms with van der Waals surface area (Å²) in [6, 6.07) is 10.2. The molecule has 3 heteroatoms. The van der Waals surface area contributed by atoms with E-state index in [0.29, 0.717) is 0 Å². The van der Waals surface area contributed by atoms with Gasteiger partial charge < -0.3 is 5.32 Å². The number of thioether (sulfide) groups is 1. The van der Waals surface area contributed by atoms with Crippen LogP contribution in [0.15, 0.2) is 28.7 Å². The van der Waals surface area contributed by atoms with Crippen molar-refractivity contribution in [1.29, 1.82) is 0 Å². The molecular weight excluding hydrogens is 294 g/mol. The van der Waals surface area contributed by atoms with Gasteiger partial charge in [0.15, 0.2) is 0 Å². The van der Waals surface area contributed by atoms with Gasteiger partial charge in [-0.3, -0.25) is 0 Å². The highest BCUT2D eigenvalue weighted by Crippen LogP contribution is 2.40. The first kappa shape index (κ1) is 12.1. The molecule has 0 aromatic heterocycles. The Morgan fingerprint density at radius 1 is 1.18 bits per heavy atom. The van der Waals surface area contributed by atoms with Gasteiger partial charge in [-0.05, 0) is 42.6 Å². The molecule has 1 aromatic carbocycles. The van der Waals surface area contributed by atoms with E-state index >= 15 is 0 Å². The highest BCUT2D eigenvalue weighted by atomic mass is 79.9. The summed E-state index contributed by atoms with van der Waals surface area (Å²) < 4.78 is 1.28. The number of hydrogen-bond acceptors (Lipinski definition) is 2. The first-order valence-corrected chi connectivity index (χ1v) is 8.36. The zero-order valence-corrected chi connectivity index (χ0v) is 12.3. The summed E-state index contributed by atoms with van der Waals surface area (Å²) in [6.07, 6.45) is 3.98. The fraction of sp³-hybridized carbons (Fsp3) is 0.571. The predicted molar refractivity (Wildman–Crippen MR) is 78.8 cm³/mol. The van der Waals surface area contributed by atoms with Gasteiger partial charge in [0.1, 0.15) is 0 Å². The Morgan fingerprint density at radius 3 is 2.71 bits per heavy atom. The van der Waals surface area contributed by atoms with Crippen molar-refractivity contribution in [3.63, 3.8) is 0 Å². The summed E-state index contributed by atoms with van der Waals surface area (Å²) in [5.74, 6) is 3.42. The molecule has 92 valence electrons. The molecule has 0 spiro atoms. The molecule has 1 atom stereocenters. The van der Waals surface area contributed by atoms with Crippen LogP contribution in [0.2, 0.25) is 0 Å². The Kier molecular flexibility index (Phi) is 3.78. The SMILES string of the molecule is Brc1ccccc1C1CC(NC2CCSC2)C1. The predicted octanol–water partition coefficient (Wildman–Crippen LogP) is 3.79. The topological polar surface area (TPSA) is 12.0 Å². The third-order valence-corrected chi connectivity index (χ3v) is 5.77. The molecule has 1 N–H and O–H groups in total. The van der Waals surface area contributed by atoms with Gasteiger partial charge in [-0.15, -0.1) is 0 Å².